The van der Waals surface area contributed by atoms with E-state index >= 15 is 0 Å². The minimum absolute atomic E-state index is 0.712. The Bertz CT molecular complexity index is 162. The van der Waals surface area contributed by atoms with Crippen molar-refractivity contribution in [1.29, 1.82) is 0 Å². The summed E-state index contributed by atoms with van der Waals surface area (Å²) in [6, 6.07) is 0.712. The third-order valence-electron chi connectivity index (χ3n) is 3.90. The zero-order valence-electron chi connectivity index (χ0n) is 11.5. The van der Waals surface area contributed by atoms with E-state index in [0.29, 0.717) is 6.04 Å². The third-order valence-corrected chi connectivity index (χ3v) is 3.90. The minimum atomic E-state index is 0.712. The molecule has 0 amide bonds. The van der Waals surface area contributed by atoms with Gasteiger partial charge in [0.2, 0.25) is 0 Å². The van der Waals surface area contributed by atoms with E-state index in [1.807, 2.05) is 0 Å². The van der Waals surface area contributed by atoms with E-state index in [2.05, 4.69) is 31.0 Å². The summed E-state index contributed by atoms with van der Waals surface area (Å²) >= 11 is 0. The number of piperidine rings is 1. The molecule has 0 spiro atoms. The van der Waals surface area contributed by atoms with E-state index in [4.69, 9.17) is 0 Å². The second kappa shape index (κ2) is 8.08. The molecule has 1 unspecified atom stereocenters. The standard InChI is InChI=1S/C14H30N2/c1-4-6-7-13(3)15-12-14-8-10-16(5-2)11-9-14/h13-15H,4-12H2,1-3H3. The van der Waals surface area contributed by atoms with Crippen LogP contribution in [0.2, 0.25) is 0 Å². The van der Waals surface area contributed by atoms with Gasteiger partial charge in [0, 0.05) is 6.04 Å². The molecule has 1 N–H and O–H groups in total. The highest BCUT2D eigenvalue weighted by atomic mass is 15.1. The van der Waals surface area contributed by atoms with Crippen LogP contribution in [0.5, 0.6) is 0 Å². The number of rotatable bonds is 7. The highest BCUT2D eigenvalue weighted by Gasteiger charge is 2.17. The van der Waals surface area contributed by atoms with Crippen LogP contribution in [0, 0.1) is 5.92 Å². The third kappa shape index (κ3) is 5.31. The molecule has 1 heterocycles. The summed E-state index contributed by atoms with van der Waals surface area (Å²) in [7, 11) is 0. The molecule has 0 aliphatic carbocycles. The number of hydrogen-bond acceptors (Lipinski definition) is 2. The van der Waals surface area contributed by atoms with E-state index in [0.717, 1.165) is 5.92 Å². The molecule has 96 valence electrons. The van der Waals surface area contributed by atoms with Gasteiger partial charge in [-0.15, -0.1) is 0 Å². The summed E-state index contributed by atoms with van der Waals surface area (Å²) in [6.07, 6.45) is 6.80. The van der Waals surface area contributed by atoms with Crippen LogP contribution < -0.4 is 5.32 Å². The molecule has 1 aliphatic heterocycles. The van der Waals surface area contributed by atoms with Crippen molar-refractivity contribution in [3.63, 3.8) is 0 Å². The zero-order valence-corrected chi connectivity index (χ0v) is 11.5. The maximum absolute atomic E-state index is 3.70. The molecule has 1 aliphatic rings. The van der Waals surface area contributed by atoms with Crippen LogP contribution in [0.25, 0.3) is 0 Å². The van der Waals surface area contributed by atoms with E-state index < -0.39 is 0 Å². The molecule has 0 aromatic carbocycles. The predicted molar refractivity (Wildman–Crippen MR) is 71.8 cm³/mol. The lowest BCUT2D eigenvalue weighted by Crippen LogP contribution is -2.39. The monoisotopic (exact) mass is 226 g/mol. The molecule has 1 saturated heterocycles. The van der Waals surface area contributed by atoms with E-state index in [1.165, 1.54) is 58.3 Å². The Labute approximate surface area is 102 Å². The van der Waals surface area contributed by atoms with Crippen molar-refractivity contribution in [2.45, 2.75) is 58.9 Å². The summed E-state index contributed by atoms with van der Waals surface area (Å²) in [6.45, 7) is 12.0. The van der Waals surface area contributed by atoms with Gasteiger partial charge >= 0.3 is 0 Å². The molecule has 0 aromatic heterocycles. The van der Waals surface area contributed by atoms with E-state index in [1.54, 1.807) is 0 Å². The molecule has 0 radical (unpaired) electrons. The number of unbranched alkanes of at least 4 members (excludes halogenated alkanes) is 1. The Morgan fingerprint density at radius 2 is 1.94 bits per heavy atom. The van der Waals surface area contributed by atoms with Crippen molar-refractivity contribution in [2.75, 3.05) is 26.2 Å². The zero-order chi connectivity index (χ0) is 11.8. The molecule has 0 aromatic rings. The molecular formula is C14H30N2. The summed E-state index contributed by atoms with van der Waals surface area (Å²) < 4.78 is 0. The minimum Gasteiger partial charge on any atom is -0.314 e. The fourth-order valence-corrected chi connectivity index (χ4v) is 2.49. The van der Waals surface area contributed by atoms with Gasteiger partial charge in [0.1, 0.15) is 0 Å². The molecule has 2 nitrogen and oxygen atoms in total. The van der Waals surface area contributed by atoms with E-state index in [-0.39, 0.29) is 0 Å². The SMILES string of the molecule is CCCCC(C)NCC1CCN(CC)CC1. The fraction of sp³-hybridized carbons (Fsp3) is 1.00. The molecule has 1 atom stereocenters. The Balaban J connectivity index is 2.05. The van der Waals surface area contributed by atoms with Crippen molar-refractivity contribution in [3.05, 3.63) is 0 Å². The maximum Gasteiger partial charge on any atom is 0.00388 e. The second-order valence-corrected chi connectivity index (χ2v) is 5.33. The lowest BCUT2D eigenvalue weighted by atomic mass is 9.96. The Morgan fingerprint density at radius 1 is 1.25 bits per heavy atom. The largest absolute Gasteiger partial charge is 0.314 e. The average Bonchev–Trinajstić information content (AvgIpc) is 2.34. The van der Waals surface area contributed by atoms with Crippen LogP contribution in [0.3, 0.4) is 0 Å². The highest BCUT2D eigenvalue weighted by molar-refractivity contribution is 4.74. The molecule has 1 rings (SSSR count). The van der Waals surface area contributed by atoms with Gasteiger partial charge in [-0.3, -0.25) is 0 Å². The van der Waals surface area contributed by atoms with Crippen LogP contribution in [-0.2, 0) is 0 Å². The molecule has 0 bridgehead atoms. The van der Waals surface area contributed by atoms with Gasteiger partial charge in [-0.2, -0.15) is 0 Å². The normalized spacial score (nSPS) is 21.2. The number of likely N-dealkylation sites (tertiary alicyclic amines) is 1. The molecular weight excluding hydrogens is 196 g/mol. The van der Waals surface area contributed by atoms with Crippen molar-refractivity contribution in [2.24, 2.45) is 5.92 Å². The lowest BCUT2D eigenvalue weighted by Gasteiger charge is -2.31. The second-order valence-electron chi connectivity index (χ2n) is 5.33. The van der Waals surface area contributed by atoms with Crippen LogP contribution in [0.4, 0.5) is 0 Å². The summed E-state index contributed by atoms with van der Waals surface area (Å²) in [5.41, 5.74) is 0. The molecule has 1 fully saturated rings. The predicted octanol–water partition coefficient (Wildman–Crippen LogP) is 2.89. The first-order chi connectivity index (χ1) is 7.76. The quantitative estimate of drug-likeness (QED) is 0.718. The van der Waals surface area contributed by atoms with Gasteiger partial charge in [0.05, 0.1) is 0 Å². The van der Waals surface area contributed by atoms with Crippen LogP contribution in [0.15, 0.2) is 0 Å². The maximum atomic E-state index is 3.70. The smallest absolute Gasteiger partial charge is 0.00388 e. The molecule has 0 saturated carbocycles. The summed E-state index contributed by atoms with van der Waals surface area (Å²) in [4.78, 5) is 2.57. The topological polar surface area (TPSA) is 15.3 Å². The summed E-state index contributed by atoms with van der Waals surface area (Å²) in [5.74, 6) is 0.923. The van der Waals surface area contributed by atoms with Crippen LogP contribution in [-0.4, -0.2) is 37.1 Å². The first kappa shape index (κ1) is 14.0. The lowest BCUT2D eigenvalue weighted by molar-refractivity contribution is 0.187. The van der Waals surface area contributed by atoms with Gasteiger partial charge < -0.3 is 10.2 Å². The highest BCUT2D eigenvalue weighted by Crippen LogP contribution is 2.16. The van der Waals surface area contributed by atoms with Crippen LogP contribution >= 0.6 is 0 Å². The summed E-state index contributed by atoms with van der Waals surface area (Å²) in [5, 5.41) is 3.70. The average molecular weight is 226 g/mol. The van der Waals surface area contributed by atoms with Crippen molar-refractivity contribution >= 4 is 0 Å². The Morgan fingerprint density at radius 3 is 2.50 bits per heavy atom. The van der Waals surface area contributed by atoms with Gasteiger partial charge in [-0.1, -0.05) is 26.7 Å². The number of nitrogens with one attached hydrogen (secondary N) is 1. The van der Waals surface area contributed by atoms with Gasteiger partial charge in [-0.05, 0) is 58.3 Å². The number of nitrogens with zero attached hydrogens (tertiary/aromatic N) is 1. The Kier molecular flexibility index (Phi) is 7.06. The van der Waals surface area contributed by atoms with Gasteiger partial charge in [0.25, 0.3) is 0 Å². The van der Waals surface area contributed by atoms with E-state index in [9.17, 15) is 0 Å². The first-order valence-electron chi connectivity index (χ1n) is 7.22. The van der Waals surface area contributed by atoms with Crippen molar-refractivity contribution in [1.82, 2.24) is 10.2 Å². The van der Waals surface area contributed by atoms with Crippen molar-refractivity contribution in [3.8, 4) is 0 Å². The van der Waals surface area contributed by atoms with Gasteiger partial charge in [-0.25, -0.2) is 0 Å². The fourth-order valence-electron chi connectivity index (χ4n) is 2.49. The first-order valence-corrected chi connectivity index (χ1v) is 7.22. The molecule has 16 heavy (non-hydrogen) atoms. The van der Waals surface area contributed by atoms with Crippen LogP contribution in [0.1, 0.15) is 52.9 Å². The number of hydrogen-bond donors (Lipinski definition) is 1. The Hall–Kier alpha value is -0.0800. The molecule has 2 heteroatoms. The van der Waals surface area contributed by atoms with Crippen molar-refractivity contribution < 1.29 is 0 Å². The van der Waals surface area contributed by atoms with Gasteiger partial charge in [0.15, 0.2) is 0 Å².